The van der Waals surface area contributed by atoms with Gasteiger partial charge >= 0.3 is 33.2 Å². The summed E-state index contributed by atoms with van der Waals surface area (Å²) in [5.41, 5.74) is 4.22. The van der Waals surface area contributed by atoms with E-state index in [1.807, 2.05) is 0 Å². The van der Waals surface area contributed by atoms with Gasteiger partial charge in [0.15, 0.2) is 0 Å². The summed E-state index contributed by atoms with van der Waals surface area (Å²) < 4.78 is 39.6. The van der Waals surface area contributed by atoms with Gasteiger partial charge in [0.2, 0.25) is 0 Å². The third-order valence-electron chi connectivity index (χ3n) is 2.22. The molecule has 0 bridgehead atoms. The monoisotopic (exact) mass is 323 g/mol. The van der Waals surface area contributed by atoms with Crippen LogP contribution in [0.3, 0.4) is 0 Å². The summed E-state index contributed by atoms with van der Waals surface area (Å²) in [4.78, 5) is 0. The van der Waals surface area contributed by atoms with Crippen molar-refractivity contribution in [2.24, 2.45) is 0 Å². The van der Waals surface area contributed by atoms with Crippen LogP contribution in [0.4, 0.5) is 10.5 Å². The van der Waals surface area contributed by atoms with Gasteiger partial charge in [-0.1, -0.05) is 49.3 Å². The summed E-state index contributed by atoms with van der Waals surface area (Å²) in [6, 6.07) is 8.54. The van der Waals surface area contributed by atoms with Crippen molar-refractivity contribution in [3.05, 3.63) is 47.4 Å². The maximum atomic E-state index is 9.90. The zero-order valence-electron chi connectivity index (χ0n) is 9.39. The van der Waals surface area contributed by atoms with E-state index in [0.29, 0.717) is 0 Å². The molecule has 1 aromatic rings. The zero-order chi connectivity index (χ0) is 12.9. The van der Waals surface area contributed by atoms with Crippen molar-refractivity contribution in [2.75, 3.05) is 0 Å². The van der Waals surface area contributed by atoms with Crippen LogP contribution in [0, 0.1) is 6.42 Å². The number of fused-ring (bicyclic) bond motifs is 1. The molecule has 1 aliphatic rings. The third kappa shape index (κ3) is 6.16. The molecule has 0 fully saturated rings. The standard InChI is InChI=1S/C12H13.4FH.Zr/c1-2-5-10-8-11-6-3-4-7-12(11)9-10;;;;;/h3-4,6-9H,2,5H2,1H3;4*1H;/q;;;;;+4/p-4. The van der Waals surface area contributed by atoms with Crippen molar-refractivity contribution in [2.45, 2.75) is 19.8 Å². The van der Waals surface area contributed by atoms with Crippen LogP contribution in [-0.4, -0.2) is 0 Å². The summed E-state index contributed by atoms with van der Waals surface area (Å²) >= 11 is -7.18. The Balaban J connectivity index is 0.000000249. The van der Waals surface area contributed by atoms with Crippen molar-refractivity contribution >= 4 is 6.08 Å². The topological polar surface area (TPSA) is 0 Å². The SMILES string of the molecule is CCCC1=Cc2ccccc2[CH]1.[F][Zr]([F])([F])[F]. The Kier molecular flexibility index (Phi) is 5.58. The minimum absolute atomic E-state index is 1.20. The molecule has 2 rings (SSSR count). The molecule has 0 spiro atoms. The van der Waals surface area contributed by atoms with E-state index in [4.69, 9.17) is 0 Å². The third-order valence-corrected chi connectivity index (χ3v) is 2.22. The summed E-state index contributed by atoms with van der Waals surface area (Å²) in [5.74, 6) is 0. The molecule has 0 N–H and O–H groups in total. The van der Waals surface area contributed by atoms with Gasteiger partial charge in [-0.25, -0.2) is 0 Å². The number of hydrogen-bond donors (Lipinski definition) is 0. The quantitative estimate of drug-likeness (QED) is 0.663. The van der Waals surface area contributed by atoms with Crippen LogP contribution in [-0.2, 0) is 22.7 Å². The predicted molar refractivity (Wildman–Crippen MR) is 57.2 cm³/mol. The van der Waals surface area contributed by atoms with E-state index in [1.54, 1.807) is 0 Å². The molecular formula is C12H13F4Zr. The second-order valence-electron chi connectivity index (χ2n) is 3.67. The average molecular weight is 324 g/mol. The van der Waals surface area contributed by atoms with Crippen molar-refractivity contribution in [3.8, 4) is 0 Å². The molecule has 0 unspecified atom stereocenters. The van der Waals surface area contributed by atoms with E-state index in [1.165, 1.54) is 29.5 Å². The van der Waals surface area contributed by atoms with E-state index < -0.39 is 22.7 Å². The summed E-state index contributed by atoms with van der Waals surface area (Å²) in [5, 5.41) is 0. The van der Waals surface area contributed by atoms with Gasteiger partial charge in [-0.05, 0) is 17.5 Å². The van der Waals surface area contributed by atoms with E-state index in [-0.39, 0.29) is 0 Å². The molecule has 1 aliphatic carbocycles. The van der Waals surface area contributed by atoms with E-state index in [2.05, 4.69) is 43.7 Å². The normalized spacial score (nSPS) is 13.6. The Hall–Kier alpha value is -0.437. The van der Waals surface area contributed by atoms with Gasteiger partial charge in [-0.3, -0.25) is 0 Å². The number of allylic oxidation sites excluding steroid dienone is 1. The fourth-order valence-electron chi connectivity index (χ4n) is 1.65. The number of benzene rings is 1. The molecule has 0 heterocycles. The van der Waals surface area contributed by atoms with Crippen LogP contribution in [0.15, 0.2) is 29.8 Å². The fourth-order valence-corrected chi connectivity index (χ4v) is 1.65. The molecule has 0 amide bonds. The van der Waals surface area contributed by atoms with Crippen molar-refractivity contribution in [1.82, 2.24) is 0 Å². The van der Waals surface area contributed by atoms with Gasteiger partial charge in [0, 0.05) is 6.42 Å². The first-order valence-corrected chi connectivity index (χ1v) is 9.01. The first-order valence-electron chi connectivity index (χ1n) is 5.30. The maximum absolute atomic E-state index is 9.90. The van der Waals surface area contributed by atoms with E-state index >= 15 is 0 Å². The van der Waals surface area contributed by atoms with Crippen LogP contribution < -0.4 is 0 Å². The number of halogens is 4. The zero-order valence-corrected chi connectivity index (χ0v) is 11.8. The van der Waals surface area contributed by atoms with Gasteiger partial charge in [0.25, 0.3) is 0 Å². The Morgan fingerprint density at radius 3 is 2.00 bits per heavy atom. The number of hydrogen-bond acceptors (Lipinski definition) is 0. The fraction of sp³-hybridized carbons (Fsp3) is 0.250. The van der Waals surface area contributed by atoms with Gasteiger partial charge in [-0.2, -0.15) is 0 Å². The summed E-state index contributed by atoms with van der Waals surface area (Å²) in [7, 11) is 0. The summed E-state index contributed by atoms with van der Waals surface area (Å²) in [6.45, 7) is 2.22. The van der Waals surface area contributed by atoms with E-state index in [0.717, 1.165) is 0 Å². The first kappa shape index (κ1) is 14.6. The van der Waals surface area contributed by atoms with Gasteiger partial charge in [0.1, 0.15) is 0 Å². The van der Waals surface area contributed by atoms with Gasteiger partial charge < -0.3 is 0 Å². The molecule has 0 atom stereocenters. The minimum atomic E-state index is -7.18. The molecule has 0 saturated carbocycles. The predicted octanol–water partition coefficient (Wildman–Crippen LogP) is 5.11. The molecule has 0 nitrogen and oxygen atoms in total. The van der Waals surface area contributed by atoms with E-state index in [9.17, 15) is 10.5 Å². The second-order valence-corrected chi connectivity index (χ2v) is 5.78. The van der Waals surface area contributed by atoms with Crippen LogP contribution in [0.25, 0.3) is 6.08 Å². The van der Waals surface area contributed by atoms with Crippen molar-refractivity contribution in [3.63, 3.8) is 0 Å². The Bertz CT molecular complexity index is 390. The Labute approximate surface area is 106 Å². The molecular weight excluding hydrogens is 311 g/mol. The van der Waals surface area contributed by atoms with Crippen molar-refractivity contribution < 1.29 is 33.2 Å². The summed E-state index contributed by atoms with van der Waals surface area (Å²) in [6.07, 6.45) is 7.02. The van der Waals surface area contributed by atoms with Crippen LogP contribution in [0.1, 0.15) is 30.9 Å². The van der Waals surface area contributed by atoms with Crippen LogP contribution in [0.2, 0.25) is 0 Å². The first-order chi connectivity index (χ1) is 7.90. The number of rotatable bonds is 2. The van der Waals surface area contributed by atoms with Crippen LogP contribution in [0.5, 0.6) is 0 Å². The Morgan fingerprint density at radius 1 is 1.00 bits per heavy atom. The van der Waals surface area contributed by atoms with Crippen LogP contribution >= 0.6 is 0 Å². The van der Waals surface area contributed by atoms with Gasteiger partial charge in [-0.15, -0.1) is 0 Å². The molecule has 0 aromatic heterocycles. The molecule has 1 aromatic carbocycles. The average Bonchev–Trinajstić information content (AvgIpc) is 2.57. The molecule has 0 saturated heterocycles. The molecule has 0 aliphatic heterocycles. The molecule has 93 valence electrons. The molecule has 5 heteroatoms. The van der Waals surface area contributed by atoms with Gasteiger partial charge in [0.05, 0.1) is 0 Å². The molecule has 17 heavy (non-hydrogen) atoms. The van der Waals surface area contributed by atoms with Crippen molar-refractivity contribution in [1.29, 1.82) is 0 Å². The molecule has 1 radical (unpaired) electrons. The Morgan fingerprint density at radius 2 is 1.53 bits per heavy atom. The second kappa shape index (κ2) is 6.48.